The number of hydrogen-bond donors (Lipinski definition) is 2. The molecule has 8 nitrogen and oxygen atoms in total. The minimum Gasteiger partial charge on any atom is -0.490 e. The van der Waals surface area contributed by atoms with Gasteiger partial charge in [0.25, 0.3) is 0 Å². The van der Waals surface area contributed by atoms with Crippen molar-refractivity contribution in [2.45, 2.75) is 6.54 Å². The van der Waals surface area contributed by atoms with Gasteiger partial charge in [0, 0.05) is 6.07 Å². The summed E-state index contributed by atoms with van der Waals surface area (Å²) in [5.41, 5.74) is -0.343. The maximum Gasteiger partial charge on any atom is 0.313 e. The highest BCUT2D eigenvalue weighted by Crippen LogP contribution is 2.32. The van der Waals surface area contributed by atoms with Crippen LogP contribution in [0.25, 0.3) is 0 Å². The third kappa shape index (κ3) is 2.76. The number of rotatable bonds is 5. The molecule has 0 aliphatic heterocycles. The first kappa shape index (κ1) is 12.7. The Labute approximate surface area is 106 Å². The number of nitro groups is 1. The van der Waals surface area contributed by atoms with E-state index in [1.54, 1.807) is 0 Å². The molecule has 0 fully saturated rings. The molecule has 0 aliphatic carbocycles. The highest BCUT2D eigenvalue weighted by molar-refractivity contribution is 5.59. The molecule has 0 saturated heterocycles. The average Bonchev–Trinajstić information content (AvgIpc) is 2.90. The maximum atomic E-state index is 13.7. The fraction of sp³-hybridized carbons (Fsp3) is 0.200. The quantitative estimate of drug-likeness (QED) is 0.627. The van der Waals surface area contributed by atoms with Gasteiger partial charge in [-0.1, -0.05) is 0 Å². The second kappa shape index (κ2) is 5.29. The van der Waals surface area contributed by atoms with E-state index in [1.165, 1.54) is 19.5 Å². The lowest BCUT2D eigenvalue weighted by Crippen LogP contribution is -2.04. The largest absolute Gasteiger partial charge is 0.490 e. The first-order chi connectivity index (χ1) is 9.11. The van der Waals surface area contributed by atoms with E-state index in [4.69, 9.17) is 4.74 Å². The highest BCUT2D eigenvalue weighted by Gasteiger charge is 2.19. The summed E-state index contributed by atoms with van der Waals surface area (Å²) in [6, 6.07) is 2.03. The Morgan fingerprint density at radius 2 is 2.37 bits per heavy atom. The lowest BCUT2D eigenvalue weighted by atomic mass is 10.2. The van der Waals surface area contributed by atoms with Gasteiger partial charge in [-0.25, -0.2) is 9.37 Å². The van der Waals surface area contributed by atoms with Crippen molar-refractivity contribution >= 4 is 11.4 Å². The molecule has 1 aromatic carbocycles. The number of benzene rings is 1. The summed E-state index contributed by atoms with van der Waals surface area (Å²) < 4.78 is 18.5. The van der Waals surface area contributed by atoms with Crippen LogP contribution in [-0.2, 0) is 6.54 Å². The topological polar surface area (TPSA) is 106 Å². The molecule has 0 radical (unpaired) electrons. The van der Waals surface area contributed by atoms with Crippen LogP contribution in [-0.4, -0.2) is 27.2 Å². The number of ether oxygens (including phenoxy) is 1. The van der Waals surface area contributed by atoms with Crippen LogP contribution in [0.2, 0.25) is 0 Å². The lowest BCUT2D eigenvalue weighted by Gasteiger charge is -2.08. The Kier molecular flexibility index (Phi) is 3.55. The molecule has 1 aromatic heterocycles. The van der Waals surface area contributed by atoms with Gasteiger partial charge in [0.2, 0.25) is 0 Å². The number of hydrogen-bond acceptors (Lipinski definition) is 6. The Hall–Kier alpha value is -2.71. The second-order valence-corrected chi connectivity index (χ2v) is 3.55. The molecule has 9 heteroatoms. The predicted molar refractivity (Wildman–Crippen MR) is 63.3 cm³/mol. The van der Waals surface area contributed by atoms with Crippen LogP contribution in [0.5, 0.6) is 5.75 Å². The zero-order chi connectivity index (χ0) is 13.8. The maximum absolute atomic E-state index is 13.7. The number of halogens is 1. The molecular formula is C10H10FN5O3. The van der Waals surface area contributed by atoms with E-state index in [1.807, 2.05) is 0 Å². The van der Waals surface area contributed by atoms with Gasteiger partial charge in [0.1, 0.15) is 12.2 Å². The molecule has 100 valence electrons. The number of nitrogens with one attached hydrogen (secondary N) is 2. The molecule has 0 unspecified atom stereocenters. The SMILES string of the molecule is COc1cc(NCc2ncn[nH]2)c(F)cc1[N+](=O)[O-]. The Bertz CT molecular complexity index is 587. The molecule has 0 atom stereocenters. The molecule has 1 heterocycles. The fourth-order valence-electron chi connectivity index (χ4n) is 1.48. The van der Waals surface area contributed by atoms with Crippen molar-refractivity contribution < 1.29 is 14.1 Å². The van der Waals surface area contributed by atoms with Gasteiger partial charge in [-0.3, -0.25) is 15.2 Å². The van der Waals surface area contributed by atoms with E-state index in [0.29, 0.717) is 5.82 Å². The molecular weight excluding hydrogens is 257 g/mol. The fourth-order valence-corrected chi connectivity index (χ4v) is 1.48. The van der Waals surface area contributed by atoms with E-state index >= 15 is 0 Å². The van der Waals surface area contributed by atoms with Crippen LogP contribution in [0.3, 0.4) is 0 Å². The normalized spacial score (nSPS) is 10.2. The van der Waals surface area contributed by atoms with Crippen molar-refractivity contribution in [1.29, 1.82) is 0 Å². The Morgan fingerprint density at radius 3 is 2.95 bits per heavy atom. The number of nitrogens with zero attached hydrogens (tertiary/aromatic N) is 3. The molecule has 0 saturated carbocycles. The minimum absolute atomic E-state index is 0.0218. The molecule has 0 amide bonds. The number of methoxy groups -OCH3 is 1. The lowest BCUT2D eigenvalue weighted by molar-refractivity contribution is -0.385. The predicted octanol–water partition coefficient (Wildman–Crippen LogP) is 1.47. The van der Waals surface area contributed by atoms with Crippen LogP contribution in [0.4, 0.5) is 15.8 Å². The standard InChI is InChI=1S/C10H10FN5O3/c1-19-9-3-7(6(11)2-8(9)16(17)18)12-4-10-13-5-14-15-10/h2-3,5,12H,4H2,1H3,(H,13,14,15). The number of nitro benzene ring substituents is 1. The molecule has 0 bridgehead atoms. The van der Waals surface area contributed by atoms with Crippen molar-refractivity contribution in [2.75, 3.05) is 12.4 Å². The summed E-state index contributed by atoms with van der Waals surface area (Å²) in [6.07, 6.45) is 1.32. The summed E-state index contributed by atoms with van der Waals surface area (Å²) in [7, 11) is 1.28. The van der Waals surface area contributed by atoms with Gasteiger partial charge in [-0.05, 0) is 0 Å². The van der Waals surface area contributed by atoms with Gasteiger partial charge in [0.05, 0.1) is 30.3 Å². The van der Waals surface area contributed by atoms with Crippen molar-refractivity contribution in [1.82, 2.24) is 15.2 Å². The van der Waals surface area contributed by atoms with Crippen molar-refractivity contribution in [2.24, 2.45) is 0 Å². The molecule has 0 spiro atoms. The Morgan fingerprint density at radius 1 is 1.58 bits per heavy atom. The number of aromatic nitrogens is 3. The van der Waals surface area contributed by atoms with E-state index in [2.05, 4.69) is 20.5 Å². The monoisotopic (exact) mass is 267 g/mol. The summed E-state index contributed by atoms with van der Waals surface area (Å²) in [4.78, 5) is 13.9. The zero-order valence-electron chi connectivity index (χ0n) is 9.88. The molecule has 19 heavy (non-hydrogen) atoms. The third-order valence-corrected chi connectivity index (χ3v) is 2.38. The second-order valence-electron chi connectivity index (χ2n) is 3.55. The van der Waals surface area contributed by atoms with Crippen LogP contribution in [0, 0.1) is 15.9 Å². The van der Waals surface area contributed by atoms with Crippen molar-refractivity contribution in [3.63, 3.8) is 0 Å². The molecule has 2 aromatic rings. The summed E-state index contributed by atoms with van der Waals surface area (Å²) >= 11 is 0. The first-order valence-corrected chi connectivity index (χ1v) is 5.22. The van der Waals surface area contributed by atoms with Crippen molar-refractivity contribution in [3.05, 3.63) is 40.2 Å². The summed E-state index contributed by atoms with van der Waals surface area (Å²) in [6.45, 7) is 0.206. The van der Waals surface area contributed by atoms with Crippen LogP contribution < -0.4 is 10.1 Å². The highest BCUT2D eigenvalue weighted by atomic mass is 19.1. The van der Waals surface area contributed by atoms with Crippen LogP contribution >= 0.6 is 0 Å². The van der Waals surface area contributed by atoms with E-state index in [0.717, 1.165) is 6.07 Å². The Balaban J connectivity index is 2.23. The van der Waals surface area contributed by atoms with E-state index < -0.39 is 16.4 Å². The number of aromatic amines is 1. The van der Waals surface area contributed by atoms with E-state index in [-0.39, 0.29) is 18.0 Å². The van der Waals surface area contributed by atoms with Gasteiger partial charge in [-0.2, -0.15) is 5.10 Å². The van der Waals surface area contributed by atoms with Gasteiger partial charge < -0.3 is 10.1 Å². The van der Waals surface area contributed by atoms with Crippen molar-refractivity contribution in [3.8, 4) is 5.75 Å². The van der Waals surface area contributed by atoms with Crippen LogP contribution in [0.15, 0.2) is 18.5 Å². The molecule has 0 aliphatic rings. The van der Waals surface area contributed by atoms with Gasteiger partial charge in [-0.15, -0.1) is 0 Å². The molecule has 2 rings (SSSR count). The molecule has 2 N–H and O–H groups in total. The number of H-pyrrole nitrogens is 1. The third-order valence-electron chi connectivity index (χ3n) is 2.38. The zero-order valence-corrected chi connectivity index (χ0v) is 9.88. The van der Waals surface area contributed by atoms with E-state index in [9.17, 15) is 14.5 Å². The average molecular weight is 267 g/mol. The number of anilines is 1. The summed E-state index contributed by atoms with van der Waals surface area (Å²) in [5, 5.41) is 19.7. The smallest absolute Gasteiger partial charge is 0.313 e. The van der Waals surface area contributed by atoms with Gasteiger partial charge >= 0.3 is 5.69 Å². The first-order valence-electron chi connectivity index (χ1n) is 5.22. The minimum atomic E-state index is -0.744. The van der Waals surface area contributed by atoms with Crippen LogP contribution in [0.1, 0.15) is 5.82 Å². The summed E-state index contributed by atoms with van der Waals surface area (Å²) in [5.74, 6) is -0.254. The van der Waals surface area contributed by atoms with Gasteiger partial charge in [0.15, 0.2) is 11.6 Å².